The molecule has 0 aromatic heterocycles. The van der Waals surface area contributed by atoms with Crippen molar-refractivity contribution in [1.29, 1.82) is 0 Å². The summed E-state index contributed by atoms with van der Waals surface area (Å²) in [5, 5.41) is 12.8. The van der Waals surface area contributed by atoms with Gasteiger partial charge in [-0.3, -0.25) is 0 Å². The first-order valence-electron chi connectivity index (χ1n) is 15.3. The molecule has 0 aliphatic carbocycles. The molecule has 9 rings (SSSR count). The SMILES string of the molecule is c1ccc(-c2cccc(-c3c4ccccc4c(-c4ccc5c(ccc6cc7ccccc7cc65)c4)c4ccccc34)c2)cc1. The maximum Gasteiger partial charge on any atom is -0.00262 e. The van der Waals surface area contributed by atoms with Gasteiger partial charge in [-0.2, -0.15) is 0 Å². The monoisotopic (exact) mass is 556 g/mol. The summed E-state index contributed by atoms with van der Waals surface area (Å²) in [4.78, 5) is 0. The zero-order valence-corrected chi connectivity index (χ0v) is 24.2. The second-order valence-corrected chi connectivity index (χ2v) is 11.7. The van der Waals surface area contributed by atoms with E-state index in [2.05, 4.69) is 170 Å². The Kier molecular flexibility index (Phi) is 5.61. The number of fused-ring (bicyclic) bond motifs is 6. The normalized spacial score (nSPS) is 11.6. The van der Waals surface area contributed by atoms with Crippen molar-refractivity contribution in [2.75, 3.05) is 0 Å². The zero-order valence-electron chi connectivity index (χ0n) is 24.2. The lowest BCUT2D eigenvalue weighted by molar-refractivity contribution is 1.61. The number of hydrogen-bond acceptors (Lipinski definition) is 0. The van der Waals surface area contributed by atoms with Crippen molar-refractivity contribution >= 4 is 53.9 Å². The van der Waals surface area contributed by atoms with E-state index in [9.17, 15) is 0 Å². The van der Waals surface area contributed by atoms with Crippen molar-refractivity contribution in [3.63, 3.8) is 0 Å². The predicted octanol–water partition coefficient (Wildman–Crippen LogP) is 12.5. The smallest absolute Gasteiger partial charge is 0.00262 e. The van der Waals surface area contributed by atoms with Crippen molar-refractivity contribution in [2.24, 2.45) is 0 Å². The fourth-order valence-corrected chi connectivity index (χ4v) is 7.15. The molecule has 0 N–H and O–H groups in total. The van der Waals surface area contributed by atoms with E-state index in [0.29, 0.717) is 0 Å². The van der Waals surface area contributed by atoms with Crippen LogP contribution in [0.3, 0.4) is 0 Å². The Morgan fingerprint density at radius 2 is 0.705 bits per heavy atom. The molecule has 0 heteroatoms. The molecule has 0 spiro atoms. The third-order valence-electron chi connectivity index (χ3n) is 9.18. The molecule has 9 aromatic rings. The van der Waals surface area contributed by atoms with E-state index in [4.69, 9.17) is 0 Å². The topological polar surface area (TPSA) is 0 Å². The maximum absolute atomic E-state index is 2.38. The number of rotatable bonds is 3. The van der Waals surface area contributed by atoms with Crippen LogP contribution in [0.15, 0.2) is 170 Å². The highest BCUT2D eigenvalue weighted by molar-refractivity contribution is 6.22. The Morgan fingerprint density at radius 3 is 1.36 bits per heavy atom. The van der Waals surface area contributed by atoms with E-state index >= 15 is 0 Å². The van der Waals surface area contributed by atoms with Gasteiger partial charge in [0.15, 0.2) is 0 Å². The van der Waals surface area contributed by atoms with Gasteiger partial charge in [0.1, 0.15) is 0 Å². The lowest BCUT2D eigenvalue weighted by Gasteiger charge is -2.18. The number of hydrogen-bond donors (Lipinski definition) is 0. The highest BCUT2D eigenvalue weighted by Gasteiger charge is 2.17. The van der Waals surface area contributed by atoms with E-state index in [1.165, 1.54) is 87.2 Å². The molecule has 44 heavy (non-hydrogen) atoms. The van der Waals surface area contributed by atoms with Gasteiger partial charge in [0, 0.05) is 0 Å². The van der Waals surface area contributed by atoms with Crippen LogP contribution >= 0.6 is 0 Å². The largest absolute Gasteiger partial charge is 0.0622 e. The standard InChI is InChI=1S/C44H28/c1-2-11-29(12-3-1)30-15-10-16-35(26-30)43-38-17-6-8-19-40(38)44(41-20-9-7-18-39(41)43)36-23-24-37-33(27-36)21-22-34-25-31-13-4-5-14-32(31)28-42(34)37/h1-28H. The summed E-state index contributed by atoms with van der Waals surface area (Å²) in [7, 11) is 0. The molecule has 0 unspecified atom stereocenters. The van der Waals surface area contributed by atoms with Crippen LogP contribution in [0.5, 0.6) is 0 Å². The van der Waals surface area contributed by atoms with Gasteiger partial charge in [0.05, 0.1) is 0 Å². The third kappa shape index (κ3) is 3.92. The number of benzene rings is 9. The van der Waals surface area contributed by atoms with E-state index in [0.717, 1.165) is 0 Å². The van der Waals surface area contributed by atoms with Crippen molar-refractivity contribution in [3.8, 4) is 33.4 Å². The van der Waals surface area contributed by atoms with Crippen molar-refractivity contribution < 1.29 is 0 Å². The van der Waals surface area contributed by atoms with Gasteiger partial charge in [0.25, 0.3) is 0 Å². The van der Waals surface area contributed by atoms with Gasteiger partial charge in [0.2, 0.25) is 0 Å². The fraction of sp³-hybridized carbons (Fsp3) is 0. The van der Waals surface area contributed by atoms with Crippen LogP contribution in [0.25, 0.3) is 87.2 Å². The summed E-state index contributed by atoms with van der Waals surface area (Å²) >= 11 is 0. The summed E-state index contributed by atoms with van der Waals surface area (Å²) in [5.41, 5.74) is 7.53. The Morgan fingerprint density at radius 1 is 0.205 bits per heavy atom. The first-order valence-corrected chi connectivity index (χ1v) is 15.3. The fourth-order valence-electron chi connectivity index (χ4n) is 7.15. The minimum absolute atomic E-state index is 1.23. The molecular weight excluding hydrogens is 528 g/mol. The van der Waals surface area contributed by atoms with Gasteiger partial charge in [-0.15, -0.1) is 0 Å². The van der Waals surface area contributed by atoms with Gasteiger partial charge in [-0.1, -0.05) is 146 Å². The Balaban J connectivity index is 1.30. The van der Waals surface area contributed by atoms with Crippen LogP contribution in [0.1, 0.15) is 0 Å². The van der Waals surface area contributed by atoms with Crippen molar-refractivity contribution in [3.05, 3.63) is 170 Å². The Bertz CT molecular complexity index is 2480. The average Bonchev–Trinajstić information content (AvgIpc) is 3.10. The molecule has 9 aromatic carbocycles. The van der Waals surface area contributed by atoms with E-state index in [-0.39, 0.29) is 0 Å². The Hall–Kier alpha value is -5.72. The van der Waals surface area contributed by atoms with Crippen LogP contribution in [0, 0.1) is 0 Å². The van der Waals surface area contributed by atoms with E-state index < -0.39 is 0 Å². The average molecular weight is 557 g/mol. The maximum atomic E-state index is 2.38. The molecule has 0 aliphatic heterocycles. The summed E-state index contributed by atoms with van der Waals surface area (Å²) < 4.78 is 0. The predicted molar refractivity (Wildman–Crippen MR) is 190 cm³/mol. The molecule has 0 heterocycles. The summed E-state index contributed by atoms with van der Waals surface area (Å²) in [6.45, 7) is 0. The third-order valence-corrected chi connectivity index (χ3v) is 9.18. The van der Waals surface area contributed by atoms with Crippen molar-refractivity contribution in [2.45, 2.75) is 0 Å². The second-order valence-electron chi connectivity index (χ2n) is 11.7. The molecule has 0 bridgehead atoms. The quantitative estimate of drug-likeness (QED) is 0.150. The summed E-state index contributed by atoms with van der Waals surface area (Å²) in [6, 6.07) is 62.3. The van der Waals surface area contributed by atoms with E-state index in [1.54, 1.807) is 0 Å². The van der Waals surface area contributed by atoms with Crippen LogP contribution in [-0.2, 0) is 0 Å². The molecule has 0 aliphatic rings. The highest BCUT2D eigenvalue weighted by Crippen LogP contribution is 2.45. The molecule has 0 atom stereocenters. The highest BCUT2D eigenvalue weighted by atomic mass is 14.2. The zero-order chi connectivity index (χ0) is 29.0. The minimum Gasteiger partial charge on any atom is -0.0622 e. The van der Waals surface area contributed by atoms with Gasteiger partial charge in [-0.25, -0.2) is 0 Å². The lowest BCUT2D eigenvalue weighted by atomic mass is 9.85. The molecule has 0 saturated heterocycles. The minimum atomic E-state index is 1.23. The molecule has 0 amide bonds. The Labute approximate surface area is 256 Å². The first-order chi connectivity index (χ1) is 21.8. The molecule has 0 saturated carbocycles. The molecule has 0 fully saturated rings. The van der Waals surface area contributed by atoms with Crippen LogP contribution < -0.4 is 0 Å². The molecule has 0 radical (unpaired) electrons. The van der Waals surface area contributed by atoms with Crippen LogP contribution in [-0.4, -0.2) is 0 Å². The lowest BCUT2D eigenvalue weighted by Crippen LogP contribution is -1.91. The van der Waals surface area contributed by atoms with Crippen LogP contribution in [0.2, 0.25) is 0 Å². The molecule has 204 valence electrons. The second kappa shape index (κ2) is 9.93. The first kappa shape index (κ1) is 24.8. The van der Waals surface area contributed by atoms with E-state index in [1.807, 2.05) is 0 Å². The molecular formula is C44H28. The summed E-state index contributed by atoms with van der Waals surface area (Å²) in [5.74, 6) is 0. The van der Waals surface area contributed by atoms with Gasteiger partial charge in [-0.05, 0) is 112 Å². The van der Waals surface area contributed by atoms with Crippen LogP contribution in [0.4, 0.5) is 0 Å². The van der Waals surface area contributed by atoms with Crippen molar-refractivity contribution in [1.82, 2.24) is 0 Å². The molecule has 0 nitrogen and oxygen atoms in total. The van der Waals surface area contributed by atoms with Gasteiger partial charge >= 0.3 is 0 Å². The van der Waals surface area contributed by atoms with Gasteiger partial charge < -0.3 is 0 Å². The summed E-state index contributed by atoms with van der Waals surface area (Å²) in [6.07, 6.45) is 0.